The number of amides is 3. The average Bonchev–Trinajstić information content (AvgIpc) is 3.42. The van der Waals surface area contributed by atoms with Crippen LogP contribution in [0.1, 0.15) is 49.7 Å². The third-order valence-corrected chi connectivity index (χ3v) is 6.82. The lowest BCUT2D eigenvalue weighted by atomic mass is 9.74. The molecule has 3 N–H and O–H groups in total. The number of nitrogens with zero attached hydrogens (tertiary/aromatic N) is 3. The SMILES string of the molecule is Cc1cccc(N(C(=O)CCC(=O)Nc2cccnc2)C(C(N)=O)(c2ccncc2)C2CCCC2)c1. The summed E-state index contributed by atoms with van der Waals surface area (Å²) < 4.78 is 0. The predicted molar refractivity (Wildman–Crippen MR) is 138 cm³/mol. The third-order valence-electron chi connectivity index (χ3n) is 6.82. The first-order valence-corrected chi connectivity index (χ1v) is 12.2. The first-order valence-electron chi connectivity index (χ1n) is 12.2. The van der Waals surface area contributed by atoms with Gasteiger partial charge in [0, 0.05) is 37.1 Å². The molecule has 0 bridgehead atoms. The van der Waals surface area contributed by atoms with Crippen molar-refractivity contribution in [2.45, 2.75) is 51.0 Å². The van der Waals surface area contributed by atoms with Crippen molar-refractivity contribution in [1.82, 2.24) is 9.97 Å². The number of rotatable bonds is 9. The summed E-state index contributed by atoms with van der Waals surface area (Å²) in [5.74, 6) is -1.40. The van der Waals surface area contributed by atoms with E-state index in [0.717, 1.165) is 31.2 Å². The van der Waals surface area contributed by atoms with Crippen LogP contribution in [0.25, 0.3) is 0 Å². The van der Waals surface area contributed by atoms with Gasteiger partial charge in [0.25, 0.3) is 0 Å². The van der Waals surface area contributed by atoms with Crippen LogP contribution in [0.4, 0.5) is 11.4 Å². The monoisotopic (exact) mass is 485 g/mol. The number of hydrogen-bond acceptors (Lipinski definition) is 5. The normalized spacial score (nSPS) is 15.1. The van der Waals surface area contributed by atoms with Crippen molar-refractivity contribution in [3.8, 4) is 0 Å². The number of carbonyl (C=O) groups excluding carboxylic acids is 3. The van der Waals surface area contributed by atoms with E-state index in [1.165, 1.54) is 0 Å². The number of benzene rings is 1. The van der Waals surface area contributed by atoms with Gasteiger partial charge in [-0.3, -0.25) is 29.3 Å². The number of carbonyl (C=O) groups is 3. The molecule has 4 rings (SSSR count). The minimum atomic E-state index is -1.40. The van der Waals surface area contributed by atoms with Crippen molar-refractivity contribution in [1.29, 1.82) is 0 Å². The van der Waals surface area contributed by atoms with Crippen molar-refractivity contribution in [2.75, 3.05) is 10.2 Å². The number of primary amides is 1. The zero-order valence-electron chi connectivity index (χ0n) is 20.4. The Kier molecular flexibility index (Phi) is 7.73. The maximum Gasteiger partial charge on any atom is 0.248 e. The largest absolute Gasteiger partial charge is 0.367 e. The van der Waals surface area contributed by atoms with E-state index in [1.54, 1.807) is 54.0 Å². The van der Waals surface area contributed by atoms with Crippen molar-refractivity contribution in [3.05, 3.63) is 84.4 Å². The molecule has 1 aromatic carbocycles. The molecule has 8 heteroatoms. The summed E-state index contributed by atoms with van der Waals surface area (Å²) in [6.45, 7) is 1.93. The summed E-state index contributed by atoms with van der Waals surface area (Å²) in [6, 6.07) is 14.4. The van der Waals surface area contributed by atoms with Crippen molar-refractivity contribution >= 4 is 29.1 Å². The highest BCUT2D eigenvalue weighted by atomic mass is 16.2. The maximum absolute atomic E-state index is 14.0. The summed E-state index contributed by atoms with van der Waals surface area (Å²) in [6.07, 6.45) is 9.68. The van der Waals surface area contributed by atoms with Gasteiger partial charge in [-0.15, -0.1) is 0 Å². The molecule has 1 unspecified atom stereocenters. The second-order valence-electron chi connectivity index (χ2n) is 9.21. The van der Waals surface area contributed by atoms with Crippen LogP contribution in [0.2, 0.25) is 0 Å². The Morgan fingerprint density at radius 3 is 2.39 bits per heavy atom. The van der Waals surface area contributed by atoms with Crippen LogP contribution in [0.3, 0.4) is 0 Å². The lowest BCUT2D eigenvalue weighted by Crippen LogP contribution is -2.61. The highest BCUT2D eigenvalue weighted by Gasteiger charge is 2.53. The van der Waals surface area contributed by atoms with Gasteiger partial charge in [-0.1, -0.05) is 25.0 Å². The van der Waals surface area contributed by atoms with E-state index in [1.807, 2.05) is 31.2 Å². The van der Waals surface area contributed by atoms with Crippen LogP contribution < -0.4 is 16.0 Å². The van der Waals surface area contributed by atoms with E-state index in [0.29, 0.717) is 16.9 Å². The molecule has 0 radical (unpaired) electrons. The Labute approximate surface area is 210 Å². The second kappa shape index (κ2) is 11.1. The number of aromatic nitrogens is 2. The molecule has 0 spiro atoms. The molecule has 1 aliphatic rings. The lowest BCUT2D eigenvalue weighted by molar-refractivity contribution is -0.131. The van der Waals surface area contributed by atoms with Gasteiger partial charge in [-0.05, 0) is 73.2 Å². The summed E-state index contributed by atoms with van der Waals surface area (Å²) >= 11 is 0. The van der Waals surface area contributed by atoms with Gasteiger partial charge < -0.3 is 11.1 Å². The van der Waals surface area contributed by atoms with E-state index in [2.05, 4.69) is 15.3 Å². The standard InChI is InChI=1S/C28H31N5O3/c1-20-6-4-10-24(18-20)33(26(35)12-11-25(34)32-23-9-5-15-31-19-23)28(27(29)36,21-7-2-3-8-21)22-13-16-30-17-14-22/h4-6,9-10,13-19,21H,2-3,7-8,11-12H2,1H3,(H2,29,36)(H,32,34). The molecule has 1 fully saturated rings. The zero-order valence-corrected chi connectivity index (χ0v) is 20.4. The first-order chi connectivity index (χ1) is 17.4. The molecule has 36 heavy (non-hydrogen) atoms. The molecule has 0 aliphatic heterocycles. The summed E-state index contributed by atoms with van der Waals surface area (Å²) in [5.41, 5.74) is 7.53. The fourth-order valence-corrected chi connectivity index (χ4v) is 5.25. The van der Waals surface area contributed by atoms with E-state index < -0.39 is 11.4 Å². The highest BCUT2D eigenvalue weighted by molar-refractivity contribution is 6.05. The van der Waals surface area contributed by atoms with Crippen molar-refractivity contribution in [2.24, 2.45) is 11.7 Å². The zero-order chi connectivity index (χ0) is 25.5. The van der Waals surface area contributed by atoms with Crippen molar-refractivity contribution in [3.63, 3.8) is 0 Å². The molecule has 3 aromatic rings. The molecule has 8 nitrogen and oxygen atoms in total. The van der Waals surface area contributed by atoms with Gasteiger partial charge in [-0.25, -0.2) is 0 Å². The predicted octanol–water partition coefficient (Wildman–Crippen LogP) is 4.11. The molecule has 2 heterocycles. The van der Waals surface area contributed by atoms with E-state index in [9.17, 15) is 14.4 Å². The minimum Gasteiger partial charge on any atom is -0.367 e. The molecule has 3 amide bonds. The van der Waals surface area contributed by atoms with Gasteiger partial charge >= 0.3 is 0 Å². The number of anilines is 2. The van der Waals surface area contributed by atoms with Gasteiger partial charge in [0.2, 0.25) is 17.7 Å². The Morgan fingerprint density at radius 2 is 1.75 bits per heavy atom. The Hall–Kier alpha value is -4.07. The minimum absolute atomic E-state index is 0.0497. The fourth-order valence-electron chi connectivity index (χ4n) is 5.25. The molecule has 2 aromatic heterocycles. The van der Waals surface area contributed by atoms with Crippen LogP contribution in [-0.4, -0.2) is 27.7 Å². The quantitative estimate of drug-likeness (QED) is 0.473. The number of hydrogen-bond donors (Lipinski definition) is 2. The van der Waals surface area contributed by atoms with Crippen LogP contribution in [0.15, 0.2) is 73.3 Å². The maximum atomic E-state index is 14.0. The number of nitrogens with two attached hydrogens (primary N) is 1. The topological polar surface area (TPSA) is 118 Å². The average molecular weight is 486 g/mol. The summed E-state index contributed by atoms with van der Waals surface area (Å²) in [7, 11) is 0. The number of aryl methyl sites for hydroxylation is 1. The van der Waals surface area contributed by atoms with Crippen LogP contribution in [0, 0.1) is 12.8 Å². The Balaban J connectivity index is 1.74. The van der Waals surface area contributed by atoms with E-state index in [-0.39, 0.29) is 30.6 Å². The smallest absolute Gasteiger partial charge is 0.248 e. The van der Waals surface area contributed by atoms with Crippen LogP contribution >= 0.6 is 0 Å². The van der Waals surface area contributed by atoms with E-state index in [4.69, 9.17) is 5.73 Å². The molecular formula is C28H31N5O3. The molecule has 1 atom stereocenters. The Bertz CT molecular complexity index is 1210. The lowest BCUT2D eigenvalue weighted by Gasteiger charge is -2.46. The van der Waals surface area contributed by atoms with Crippen molar-refractivity contribution < 1.29 is 14.4 Å². The van der Waals surface area contributed by atoms with Gasteiger partial charge in [-0.2, -0.15) is 0 Å². The number of pyridine rings is 2. The Morgan fingerprint density at radius 1 is 1.00 bits per heavy atom. The van der Waals surface area contributed by atoms with Crippen LogP contribution in [-0.2, 0) is 19.9 Å². The van der Waals surface area contributed by atoms with Gasteiger partial charge in [0.1, 0.15) is 0 Å². The molecular weight excluding hydrogens is 454 g/mol. The van der Waals surface area contributed by atoms with E-state index >= 15 is 0 Å². The third kappa shape index (κ3) is 5.12. The van der Waals surface area contributed by atoms with Gasteiger partial charge in [0.15, 0.2) is 5.54 Å². The molecule has 186 valence electrons. The molecule has 1 aliphatic carbocycles. The second-order valence-corrected chi connectivity index (χ2v) is 9.21. The first kappa shape index (κ1) is 25.0. The highest BCUT2D eigenvalue weighted by Crippen LogP contribution is 2.47. The van der Waals surface area contributed by atoms with Crippen LogP contribution in [0.5, 0.6) is 0 Å². The molecule has 0 saturated heterocycles. The number of nitrogens with one attached hydrogen (secondary N) is 1. The fraction of sp³-hybridized carbons (Fsp3) is 0.321. The molecule has 1 saturated carbocycles. The van der Waals surface area contributed by atoms with Gasteiger partial charge in [0.05, 0.1) is 11.9 Å². The summed E-state index contributed by atoms with van der Waals surface area (Å²) in [4.78, 5) is 49.8. The summed E-state index contributed by atoms with van der Waals surface area (Å²) in [5, 5.41) is 2.76.